The van der Waals surface area contributed by atoms with Crippen LogP contribution < -0.4 is 10.6 Å². The van der Waals surface area contributed by atoms with Crippen molar-refractivity contribution in [2.24, 2.45) is 17.6 Å². The molecule has 244 valence electrons. The summed E-state index contributed by atoms with van der Waals surface area (Å²) in [5, 5.41) is 46.6. The number of hydrogen-bond acceptors (Lipinski definition) is 9. The molecule has 0 spiro atoms. The number of phenolic OH excluding ortho intramolecular Hbond substituents is 1. The number of phenols is 1. The average molecular weight is 638 g/mol. The zero-order valence-corrected chi connectivity index (χ0v) is 26.9. The van der Waals surface area contributed by atoms with Gasteiger partial charge in [0.1, 0.15) is 22.8 Å². The van der Waals surface area contributed by atoms with Gasteiger partial charge in [0.05, 0.1) is 17.2 Å². The Morgan fingerprint density at radius 2 is 1.72 bits per heavy atom. The zero-order valence-electron chi connectivity index (χ0n) is 26.9. The first-order valence-corrected chi connectivity index (χ1v) is 15.8. The molecule has 1 unspecified atom stereocenters. The van der Waals surface area contributed by atoms with Crippen LogP contribution in [0.1, 0.15) is 48.8 Å². The van der Waals surface area contributed by atoms with Crippen LogP contribution in [0.4, 0.5) is 5.69 Å². The molecule has 0 radical (unpaired) electrons. The van der Waals surface area contributed by atoms with Crippen molar-refractivity contribution in [3.63, 3.8) is 0 Å². The van der Waals surface area contributed by atoms with E-state index in [2.05, 4.69) is 17.9 Å². The minimum Gasteiger partial charge on any atom is -0.508 e. The predicted octanol–water partition coefficient (Wildman–Crippen LogP) is 3.55. The summed E-state index contributed by atoms with van der Waals surface area (Å²) < 4.78 is 0. The van der Waals surface area contributed by atoms with Crippen LogP contribution >= 0.6 is 0 Å². The van der Waals surface area contributed by atoms with Crippen LogP contribution in [0, 0.1) is 23.7 Å². The molecule has 2 aromatic carbocycles. The normalized spacial score (nSPS) is 25.4. The molecule has 0 saturated heterocycles. The molecule has 0 aromatic heterocycles. The van der Waals surface area contributed by atoms with Crippen molar-refractivity contribution in [1.29, 1.82) is 0 Å². The van der Waals surface area contributed by atoms with Gasteiger partial charge < -0.3 is 31.1 Å². The molecule has 1 amide bonds. The maximum absolute atomic E-state index is 14.3. The van der Waals surface area contributed by atoms with Crippen LogP contribution in [0.2, 0.25) is 0 Å². The summed E-state index contributed by atoms with van der Waals surface area (Å²) >= 11 is 0. The average Bonchev–Trinajstić information content (AvgIpc) is 3.02. The molecule has 4 aliphatic carbocycles. The number of likely N-dealkylation sites (N-methyl/N-ethyl adjacent to an activating group) is 1. The highest BCUT2D eigenvalue weighted by Gasteiger charge is 2.64. The third kappa shape index (κ3) is 5.01. The highest BCUT2D eigenvalue weighted by Crippen LogP contribution is 2.54. The van der Waals surface area contributed by atoms with Gasteiger partial charge in [-0.3, -0.25) is 19.3 Å². The summed E-state index contributed by atoms with van der Waals surface area (Å²) in [7, 11) is 7.03. The van der Waals surface area contributed by atoms with E-state index in [1.54, 1.807) is 20.2 Å². The van der Waals surface area contributed by atoms with Crippen molar-refractivity contribution in [2.75, 3.05) is 33.1 Å². The van der Waals surface area contributed by atoms with Crippen LogP contribution in [-0.4, -0.2) is 82.6 Å². The van der Waals surface area contributed by atoms with Gasteiger partial charge in [-0.1, -0.05) is 30.0 Å². The molecule has 1 saturated carbocycles. The molecule has 4 atom stereocenters. The van der Waals surface area contributed by atoms with Crippen LogP contribution in [0.25, 0.3) is 16.9 Å². The number of primary amides is 1. The summed E-state index contributed by atoms with van der Waals surface area (Å²) in [6, 6.07) is 8.46. The lowest BCUT2D eigenvalue weighted by atomic mass is 9.57. The van der Waals surface area contributed by atoms with Crippen LogP contribution in [-0.2, 0) is 20.8 Å². The second kappa shape index (κ2) is 11.7. The van der Waals surface area contributed by atoms with Gasteiger partial charge in [-0.2, -0.15) is 0 Å². The third-order valence-corrected chi connectivity index (χ3v) is 10.1. The molecule has 47 heavy (non-hydrogen) atoms. The Labute approximate surface area is 273 Å². The van der Waals surface area contributed by atoms with Gasteiger partial charge in [0, 0.05) is 31.3 Å². The number of nitrogens with zero attached hydrogens (tertiary/aromatic N) is 2. The number of aliphatic hydroxyl groups is 3. The summed E-state index contributed by atoms with van der Waals surface area (Å²) in [6.07, 6.45) is 6.19. The number of rotatable bonds is 4. The van der Waals surface area contributed by atoms with E-state index in [-0.39, 0.29) is 35.3 Å². The summed E-state index contributed by atoms with van der Waals surface area (Å²) in [5.74, 6) is -0.611. The molecule has 2 aromatic rings. The number of allylic oxidation sites excluding steroid dienone is 2. The largest absolute Gasteiger partial charge is 0.508 e. The standard InChI is InChI=1S/C37H39N3O7/c1-39(2)23-14-12-20(13-15-23)24-16-21(11-10-19-8-6-5-7-9-19)31(41)28-25(24)17-22-18-26-30(40(3)4)33(43)29(36(38)46)35(45)37(26,47)34(44)27(22)32(28)42/h8,12-16,22,26,30,41-42,45,47H,5-7,9,17-18H2,1-4H3,(H2,38,46)/t22-,26-,30?,37-/m1/s1. The Balaban J connectivity index is 1.58. The topological polar surface area (TPSA) is 165 Å². The van der Waals surface area contributed by atoms with E-state index in [1.807, 2.05) is 43.3 Å². The van der Waals surface area contributed by atoms with E-state index in [1.165, 1.54) is 4.90 Å². The molecule has 6 N–H and O–H groups in total. The molecular weight excluding hydrogens is 598 g/mol. The Morgan fingerprint density at radius 3 is 2.32 bits per heavy atom. The first kappa shape index (κ1) is 32.1. The van der Waals surface area contributed by atoms with Crippen molar-refractivity contribution in [1.82, 2.24) is 4.90 Å². The second-order valence-corrected chi connectivity index (χ2v) is 13.3. The smallest absolute Gasteiger partial charge is 0.255 e. The number of carbonyl (C=O) groups excluding carboxylic acids is 3. The number of benzene rings is 2. The number of amides is 1. The van der Waals surface area contributed by atoms with Crippen molar-refractivity contribution in [2.45, 2.75) is 50.2 Å². The molecule has 1 fully saturated rings. The highest BCUT2D eigenvalue weighted by atomic mass is 16.3. The monoisotopic (exact) mass is 637 g/mol. The minimum absolute atomic E-state index is 0.0151. The Hall–Kier alpha value is -4.85. The zero-order chi connectivity index (χ0) is 33.9. The van der Waals surface area contributed by atoms with E-state index in [4.69, 9.17) is 5.73 Å². The molecule has 0 heterocycles. The molecule has 6 rings (SSSR count). The van der Waals surface area contributed by atoms with E-state index in [0.717, 1.165) is 42.5 Å². The number of hydrogen-bond donors (Lipinski definition) is 5. The SMILES string of the molecule is CN(C)c1ccc(-c2cc(C#CC3=CCCCC3)c(O)c3c2C[C@@H]2C[C@@H]4C(N(C)C)C(=O)C(C(N)=O)=C(O)[C@]4(O)C(=O)C2=C3O)cc1. The number of aliphatic hydroxyl groups excluding tert-OH is 2. The lowest BCUT2D eigenvalue weighted by Crippen LogP contribution is -2.65. The number of ketones is 2. The fourth-order valence-corrected chi connectivity index (χ4v) is 7.70. The van der Waals surface area contributed by atoms with Crippen molar-refractivity contribution in [3.8, 4) is 28.7 Å². The fraction of sp³-hybridized carbons (Fsp3) is 0.378. The van der Waals surface area contributed by atoms with Gasteiger partial charge in [0.2, 0.25) is 5.78 Å². The van der Waals surface area contributed by atoms with Gasteiger partial charge in [-0.05, 0) is 99.0 Å². The van der Waals surface area contributed by atoms with Gasteiger partial charge in [-0.25, -0.2) is 0 Å². The predicted molar refractivity (Wildman–Crippen MR) is 177 cm³/mol. The first-order valence-electron chi connectivity index (χ1n) is 15.8. The highest BCUT2D eigenvalue weighted by molar-refractivity contribution is 6.24. The third-order valence-electron chi connectivity index (χ3n) is 10.1. The van der Waals surface area contributed by atoms with Crippen molar-refractivity contribution in [3.05, 3.63) is 75.6 Å². The fourth-order valence-electron chi connectivity index (χ4n) is 7.70. The van der Waals surface area contributed by atoms with Gasteiger partial charge >= 0.3 is 0 Å². The number of carbonyl (C=O) groups is 3. The summed E-state index contributed by atoms with van der Waals surface area (Å²) in [4.78, 5) is 43.5. The number of anilines is 1. The van der Waals surface area contributed by atoms with Crippen LogP contribution in [0.15, 0.2) is 58.9 Å². The Morgan fingerprint density at radius 1 is 1.02 bits per heavy atom. The van der Waals surface area contributed by atoms with Gasteiger partial charge in [0.15, 0.2) is 11.4 Å². The quantitative estimate of drug-likeness (QED) is 0.249. The van der Waals surface area contributed by atoms with Crippen LogP contribution in [0.3, 0.4) is 0 Å². The summed E-state index contributed by atoms with van der Waals surface area (Å²) in [6.45, 7) is 0. The maximum atomic E-state index is 14.3. The lowest BCUT2D eigenvalue weighted by Gasteiger charge is -2.50. The Kier molecular flexibility index (Phi) is 8.02. The van der Waals surface area contributed by atoms with Crippen molar-refractivity contribution < 1.29 is 34.8 Å². The first-order chi connectivity index (χ1) is 22.3. The minimum atomic E-state index is -2.70. The number of nitrogens with two attached hydrogens (primary N) is 1. The van der Waals surface area contributed by atoms with Crippen LogP contribution in [0.5, 0.6) is 5.75 Å². The van der Waals surface area contributed by atoms with Gasteiger partial charge in [0.25, 0.3) is 5.91 Å². The molecule has 4 aliphatic rings. The molecule has 10 heteroatoms. The van der Waals surface area contributed by atoms with E-state index >= 15 is 0 Å². The second-order valence-electron chi connectivity index (χ2n) is 13.3. The van der Waals surface area contributed by atoms with Crippen molar-refractivity contribution >= 4 is 28.9 Å². The van der Waals surface area contributed by atoms with E-state index in [0.29, 0.717) is 11.1 Å². The molecule has 0 aliphatic heterocycles. The molecular formula is C37H39N3O7. The maximum Gasteiger partial charge on any atom is 0.255 e. The summed E-state index contributed by atoms with van der Waals surface area (Å²) in [5.41, 5.74) is 6.07. The molecule has 0 bridgehead atoms. The number of fused-ring (bicyclic) bond motifs is 3. The lowest BCUT2D eigenvalue weighted by molar-refractivity contribution is -0.153. The van der Waals surface area contributed by atoms with Gasteiger partial charge in [-0.15, -0.1) is 0 Å². The van der Waals surface area contributed by atoms with E-state index in [9.17, 15) is 34.8 Å². The number of Topliss-reactive ketones (excluding diaryl/α,β-unsaturated/α-hetero) is 2. The Bertz CT molecular complexity index is 1870. The number of aromatic hydroxyl groups is 1. The molecule has 10 nitrogen and oxygen atoms in total. The van der Waals surface area contributed by atoms with E-state index < -0.39 is 58.0 Å².